The van der Waals surface area contributed by atoms with E-state index in [2.05, 4.69) is 5.32 Å². The van der Waals surface area contributed by atoms with Gasteiger partial charge in [-0.25, -0.2) is 8.42 Å². The molecular weight excluding hydrogens is 438 g/mol. The number of carbonyl (C=O) groups is 2. The van der Waals surface area contributed by atoms with Crippen LogP contribution >= 0.6 is 0 Å². The summed E-state index contributed by atoms with van der Waals surface area (Å²) in [6, 6.07) is 16.0. The number of rotatable bonds is 6. The molecule has 0 atom stereocenters. The third kappa shape index (κ3) is 5.69. The van der Waals surface area contributed by atoms with Gasteiger partial charge < -0.3 is 10.2 Å². The summed E-state index contributed by atoms with van der Waals surface area (Å²) in [5.74, 6) is -0.329. The summed E-state index contributed by atoms with van der Waals surface area (Å²) in [6.07, 6.45) is 6.35. The lowest BCUT2D eigenvalue weighted by atomic mass is 9.95. The Morgan fingerprint density at radius 3 is 2.15 bits per heavy atom. The van der Waals surface area contributed by atoms with E-state index >= 15 is 0 Å². The first-order valence-corrected chi connectivity index (χ1v) is 12.8. The van der Waals surface area contributed by atoms with E-state index in [4.69, 9.17) is 0 Å². The van der Waals surface area contributed by atoms with Gasteiger partial charge in [0.1, 0.15) is 0 Å². The summed E-state index contributed by atoms with van der Waals surface area (Å²) in [4.78, 5) is 27.1. The first-order valence-electron chi connectivity index (χ1n) is 11.4. The average Bonchev–Trinajstić information content (AvgIpc) is 3.40. The minimum absolute atomic E-state index is 0.0486. The normalized spacial score (nSPS) is 18.0. The van der Waals surface area contributed by atoms with Crippen LogP contribution in [0.1, 0.15) is 31.2 Å². The molecule has 33 heavy (non-hydrogen) atoms. The fourth-order valence-electron chi connectivity index (χ4n) is 4.23. The zero-order valence-corrected chi connectivity index (χ0v) is 19.3. The molecule has 0 spiro atoms. The molecule has 0 aliphatic carbocycles. The molecule has 0 unspecified atom stereocenters. The van der Waals surface area contributed by atoms with Gasteiger partial charge in [0, 0.05) is 43.9 Å². The van der Waals surface area contributed by atoms with Crippen LogP contribution in [-0.4, -0.2) is 55.6 Å². The highest BCUT2D eigenvalue weighted by Crippen LogP contribution is 2.24. The number of nitrogens with one attached hydrogen (secondary N) is 1. The number of hydrogen-bond acceptors (Lipinski definition) is 4. The van der Waals surface area contributed by atoms with E-state index in [0.717, 1.165) is 18.4 Å². The average molecular weight is 468 g/mol. The number of nitrogens with zero attached hydrogens (tertiary/aromatic N) is 2. The van der Waals surface area contributed by atoms with E-state index in [1.165, 1.54) is 4.31 Å². The molecule has 2 aliphatic rings. The number of hydrogen-bond donors (Lipinski definition) is 1. The Morgan fingerprint density at radius 2 is 1.52 bits per heavy atom. The Hall–Kier alpha value is -2.97. The quantitative estimate of drug-likeness (QED) is 0.660. The number of piperidine rings is 1. The Balaban J connectivity index is 1.27. The number of anilines is 1. The van der Waals surface area contributed by atoms with E-state index in [1.807, 2.05) is 30.3 Å². The summed E-state index contributed by atoms with van der Waals surface area (Å²) in [5.41, 5.74) is 1.55. The monoisotopic (exact) mass is 467 g/mol. The molecule has 0 saturated carbocycles. The van der Waals surface area contributed by atoms with Crippen LogP contribution in [0, 0.1) is 5.92 Å². The predicted octanol–water partition coefficient (Wildman–Crippen LogP) is 3.36. The van der Waals surface area contributed by atoms with Crippen LogP contribution in [0.15, 0.2) is 65.6 Å². The fraction of sp³-hybridized carbons (Fsp3) is 0.360. The van der Waals surface area contributed by atoms with Crippen LogP contribution in [-0.2, 0) is 19.6 Å². The molecule has 0 aromatic heterocycles. The Kier molecular flexibility index (Phi) is 7.25. The second-order valence-corrected chi connectivity index (χ2v) is 10.4. The summed E-state index contributed by atoms with van der Waals surface area (Å²) < 4.78 is 26.8. The highest BCUT2D eigenvalue weighted by molar-refractivity contribution is 7.89. The van der Waals surface area contributed by atoms with Crippen molar-refractivity contribution < 1.29 is 18.0 Å². The molecule has 7 nitrogen and oxygen atoms in total. The Morgan fingerprint density at radius 1 is 0.879 bits per heavy atom. The van der Waals surface area contributed by atoms with E-state index < -0.39 is 10.0 Å². The second kappa shape index (κ2) is 10.3. The van der Waals surface area contributed by atoms with Crippen LogP contribution in [0.5, 0.6) is 0 Å². The molecule has 0 bridgehead atoms. The van der Waals surface area contributed by atoms with Crippen LogP contribution in [0.25, 0.3) is 6.08 Å². The largest absolute Gasteiger partial charge is 0.339 e. The Labute approximate surface area is 195 Å². The van der Waals surface area contributed by atoms with Crippen molar-refractivity contribution in [1.82, 2.24) is 9.21 Å². The van der Waals surface area contributed by atoms with E-state index in [1.54, 1.807) is 41.3 Å². The van der Waals surface area contributed by atoms with E-state index in [-0.39, 0.29) is 22.6 Å². The van der Waals surface area contributed by atoms with Crippen molar-refractivity contribution in [2.45, 2.75) is 30.6 Å². The number of likely N-dealkylation sites (tertiary alicyclic amines) is 1. The number of amides is 2. The zero-order chi connectivity index (χ0) is 23.3. The van der Waals surface area contributed by atoms with Crippen molar-refractivity contribution in [3.8, 4) is 0 Å². The molecule has 4 rings (SSSR count). The van der Waals surface area contributed by atoms with Gasteiger partial charge in [-0.05, 0) is 61.6 Å². The highest BCUT2D eigenvalue weighted by Gasteiger charge is 2.28. The van der Waals surface area contributed by atoms with Crippen LogP contribution < -0.4 is 5.32 Å². The van der Waals surface area contributed by atoms with Crippen molar-refractivity contribution in [2.75, 3.05) is 31.5 Å². The minimum Gasteiger partial charge on any atom is -0.339 e. The molecule has 2 saturated heterocycles. The molecule has 0 radical (unpaired) electrons. The maximum Gasteiger partial charge on any atom is 0.246 e. The third-order valence-electron chi connectivity index (χ3n) is 6.22. The minimum atomic E-state index is -3.46. The molecular formula is C25H29N3O4S. The van der Waals surface area contributed by atoms with Gasteiger partial charge in [0.05, 0.1) is 4.90 Å². The van der Waals surface area contributed by atoms with Gasteiger partial charge in [-0.15, -0.1) is 0 Å². The van der Waals surface area contributed by atoms with Gasteiger partial charge in [-0.1, -0.05) is 30.3 Å². The number of benzene rings is 2. The zero-order valence-electron chi connectivity index (χ0n) is 18.5. The number of carbonyl (C=O) groups excluding carboxylic acids is 2. The summed E-state index contributed by atoms with van der Waals surface area (Å²) in [7, 11) is -3.46. The third-order valence-corrected chi connectivity index (χ3v) is 8.13. The molecule has 174 valence electrons. The lowest BCUT2D eigenvalue weighted by molar-refractivity contribution is -0.130. The molecule has 2 heterocycles. The first-order chi connectivity index (χ1) is 15.9. The van der Waals surface area contributed by atoms with Gasteiger partial charge in [0.15, 0.2) is 0 Å². The highest BCUT2D eigenvalue weighted by atomic mass is 32.2. The van der Waals surface area contributed by atoms with E-state index in [9.17, 15) is 18.0 Å². The lowest BCUT2D eigenvalue weighted by Crippen LogP contribution is -2.40. The van der Waals surface area contributed by atoms with Gasteiger partial charge in [0.25, 0.3) is 0 Å². The van der Waals surface area contributed by atoms with E-state index in [0.29, 0.717) is 44.7 Å². The van der Waals surface area contributed by atoms with Gasteiger partial charge in [-0.3, -0.25) is 9.59 Å². The Bertz CT molecular complexity index is 1100. The lowest BCUT2D eigenvalue weighted by Gasteiger charge is -2.30. The van der Waals surface area contributed by atoms with Crippen molar-refractivity contribution >= 4 is 33.6 Å². The summed E-state index contributed by atoms with van der Waals surface area (Å²) in [6.45, 7) is 2.18. The molecule has 1 N–H and O–H groups in total. The van der Waals surface area contributed by atoms with Crippen LogP contribution in [0.2, 0.25) is 0 Å². The van der Waals surface area contributed by atoms with Gasteiger partial charge in [-0.2, -0.15) is 4.31 Å². The number of sulfonamides is 1. The van der Waals surface area contributed by atoms with Crippen molar-refractivity contribution in [2.24, 2.45) is 5.92 Å². The molecule has 2 fully saturated rings. The van der Waals surface area contributed by atoms with Gasteiger partial charge >= 0.3 is 0 Å². The van der Waals surface area contributed by atoms with Crippen molar-refractivity contribution in [3.05, 3.63) is 66.2 Å². The van der Waals surface area contributed by atoms with Crippen molar-refractivity contribution in [3.63, 3.8) is 0 Å². The fourth-order valence-corrected chi connectivity index (χ4v) is 5.75. The first kappa shape index (κ1) is 23.2. The second-order valence-electron chi connectivity index (χ2n) is 8.47. The van der Waals surface area contributed by atoms with Crippen LogP contribution in [0.3, 0.4) is 0 Å². The maximum absolute atomic E-state index is 12.7. The summed E-state index contributed by atoms with van der Waals surface area (Å²) >= 11 is 0. The maximum atomic E-state index is 12.7. The smallest absolute Gasteiger partial charge is 0.246 e. The SMILES string of the molecule is O=C(Nc1ccc(S(=O)(=O)N2CCCC2)cc1)C1CCN(C(=O)/C=C/c2ccccc2)CC1. The molecule has 2 aromatic rings. The summed E-state index contributed by atoms with van der Waals surface area (Å²) in [5, 5.41) is 2.89. The van der Waals surface area contributed by atoms with Crippen molar-refractivity contribution in [1.29, 1.82) is 0 Å². The van der Waals surface area contributed by atoms with Gasteiger partial charge in [0.2, 0.25) is 21.8 Å². The predicted molar refractivity (Wildman–Crippen MR) is 128 cm³/mol. The molecule has 2 amide bonds. The topological polar surface area (TPSA) is 86.8 Å². The molecule has 8 heteroatoms. The molecule has 2 aliphatic heterocycles. The standard InChI is InChI=1S/C25H29N3O4S/c29-24(13-8-20-6-2-1-3-7-20)27-18-14-21(15-19-27)25(30)26-22-9-11-23(12-10-22)33(31,32)28-16-4-5-17-28/h1-3,6-13,21H,4-5,14-19H2,(H,26,30)/b13-8+. The van der Waals surface area contributed by atoms with Crippen LogP contribution in [0.4, 0.5) is 5.69 Å². The molecule has 2 aromatic carbocycles.